The van der Waals surface area contributed by atoms with Gasteiger partial charge >= 0.3 is 12.3 Å². The van der Waals surface area contributed by atoms with Gasteiger partial charge in [0.05, 0.1) is 4.90 Å². The maximum Gasteiger partial charge on any atom is 0.435 e. The molecule has 2 heterocycles. The van der Waals surface area contributed by atoms with E-state index >= 15 is 0 Å². The van der Waals surface area contributed by atoms with E-state index in [0.29, 0.717) is 18.9 Å². The zero-order valence-electron chi connectivity index (χ0n) is 20.2. The number of nitrogens with zero attached hydrogens (tertiary/aromatic N) is 3. The van der Waals surface area contributed by atoms with Gasteiger partial charge in [-0.05, 0) is 57.9 Å². The molecule has 0 spiro atoms. The first-order chi connectivity index (χ1) is 16.6. The summed E-state index contributed by atoms with van der Waals surface area (Å²) in [4.78, 5) is 24.3. The van der Waals surface area contributed by atoms with E-state index in [1.807, 2.05) is 0 Å². The number of hydrogen-bond donors (Lipinski definition) is 2. The highest BCUT2D eigenvalue weighted by molar-refractivity contribution is 7.89. The molecule has 0 aliphatic carbocycles. The van der Waals surface area contributed by atoms with Crippen molar-refractivity contribution in [3.63, 3.8) is 0 Å². The molecule has 2 N–H and O–H groups in total. The van der Waals surface area contributed by atoms with E-state index in [0.717, 1.165) is 4.68 Å². The van der Waals surface area contributed by atoms with Crippen molar-refractivity contribution in [2.24, 2.45) is 7.05 Å². The van der Waals surface area contributed by atoms with E-state index < -0.39 is 39.5 Å². The third kappa shape index (κ3) is 6.75. The lowest BCUT2D eigenvalue weighted by Gasteiger charge is -2.32. The molecule has 10 nitrogen and oxygen atoms in total. The summed E-state index contributed by atoms with van der Waals surface area (Å²) < 4.78 is 71.8. The fraction of sp³-hybridized carbons (Fsp3) is 0.500. The lowest BCUT2D eigenvalue weighted by molar-refractivity contribution is -0.141. The van der Waals surface area contributed by atoms with Crippen LogP contribution in [-0.2, 0) is 28.0 Å². The summed E-state index contributed by atoms with van der Waals surface area (Å²) in [6.07, 6.45) is -4.41. The number of ether oxygens (including phenoxy) is 1. The van der Waals surface area contributed by atoms with E-state index in [1.54, 1.807) is 20.8 Å². The first kappa shape index (κ1) is 27.5. The van der Waals surface area contributed by atoms with Crippen LogP contribution in [-0.4, -0.2) is 59.2 Å². The van der Waals surface area contributed by atoms with Crippen molar-refractivity contribution < 1.29 is 35.9 Å². The van der Waals surface area contributed by atoms with Crippen LogP contribution in [0.3, 0.4) is 0 Å². The zero-order chi connectivity index (χ0) is 26.9. The zero-order valence-corrected chi connectivity index (χ0v) is 21.0. The molecule has 2 amide bonds. The number of carbonyl (C=O) groups excluding carboxylic acids is 2. The summed E-state index contributed by atoms with van der Waals surface area (Å²) >= 11 is 0. The smallest absolute Gasteiger partial charge is 0.435 e. The molecule has 0 saturated carbocycles. The van der Waals surface area contributed by atoms with Crippen molar-refractivity contribution in [1.82, 2.24) is 19.4 Å². The second-order valence-corrected chi connectivity index (χ2v) is 11.3. The van der Waals surface area contributed by atoms with Crippen LogP contribution in [0, 0.1) is 0 Å². The molecular weight excluding hydrogens is 503 g/mol. The minimum atomic E-state index is -4.69. The molecule has 2 aromatic rings. The quantitative estimate of drug-likeness (QED) is 0.610. The Morgan fingerprint density at radius 2 is 1.67 bits per heavy atom. The number of aromatic nitrogens is 2. The lowest BCUT2D eigenvalue weighted by atomic mass is 10.1. The summed E-state index contributed by atoms with van der Waals surface area (Å²) in [6, 6.07) is 5.73. The van der Waals surface area contributed by atoms with Crippen LogP contribution in [0.1, 0.15) is 49.8 Å². The topological polar surface area (TPSA) is 123 Å². The number of anilines is 1. The molecule has 0 radical (unpaired) electrons. The van der Waals surface area contributed by atoms with Crippen LogP contribution < -0.4 is 10.6 Å². The molecule has 1 fully saturated rings. The van der Waals surface area contributed by atoms with E-state index in [2.05, 4.69) is 15.7 Å². The Kier molecular flexibility index (Phi) is 7.69. The van der Waals surface area contributed by atoms with Crippen molar-refractivity contribution in [1.29, 1.82) is 0 Å². The minimum Gasteiger partial charge on any atom is -0.444 e. The largest absolute Gasteiger partial charge is 0.444 e. The molecule has 0 bridgehead atoms. The molecule has 1 saturated heterocycles. The summed E-state index contributed by atoms with van der Waals surface area (Å²) in [5.74, 6) is -0.823. The van der Waals surface area contributed by atoms with Crippen LogP contribution in [0.2, 0.25) is 0 Å². The third-order valence-electron chi connectivity index (χ3n) is 5.33. The molecule has 198 valence electrons. The summed E-state index contributed by atoms with van der Waals surface area (Å²) in [5.41, 5.74) is -1.93. The lowest BCUT2D eigenvalue weighted by Crippen LogP contribution is -2.47. The molecule has 1 aliphatic heterocycles. The highest BCUT2D eigenvalue weighted by Gasteiger charge is 2.35. The number of carbonyl (C=O) groups is 2. The Bertz CT molecular complexity index is 1210. The number of amides is 2. The molecule has 1 aromatic carbocycles. The van der Waals surface area contributed by atoms with Crippen LogP contribution >= 0.6 is 0 Å². The van der Waals surface area contributed by atoms with Gasteiger partial charge in [-0.1, -0.05) is 0 Å². The van der Waals surface area contributed by atoms with Crippen molar-refractivity contribution in [3.05, 3.63) is 41.7 Å². The predicted octanol–water partition coefficient (Wildman–Crippen LogP) is 3.37. The number of halogens is 3. The van der Waals surface area contributed by atoms with E-state index in [4.69, 9.17) is 4.74 Å². The van der Waals surface area contributed by atoms with Gasteiger partial charge in [0.2, 0.25) is 10.0 Å². The molecule has 36 heavy (non-hydrogen) atoms. The average Bonchev–Trinajstić information content (AvgIpc) is 3.15. The van der Waals surface area contributed by atoms with Gasteiger partial charge in [-0.25, -0.2) is 13.2 Å². The Balaban J connectivity index is 1.60. The highest BCUT2D eigenvalue weighted by Crippen LogP contribution is 2.29. The predicted molar refractivity (Wildman–Crippen MR) is 124 cm³/mol. The Labute approximate surface area is 206 Å². The summed E-state index contributed by atoms with van der Waals surface area (Å²) in [6.45, 7) is 5.65. The molecular formula is C22H28F3N5O5S. The van der Waals surface area contributed by atoms with Crippen LogP contribution in [0.4, 0.5) is 23.7 Å². The SMILES string of the molecule is Cn1nc(C(F)(F)F)cc1C(=O)Nc1ccc(S(=O)(=O)N2CCC(NC(=O)OC(C)(C)C)CC2)cc1. The van der Waals surface area contributed by atoms with E-state index in [-0.39, 0.29) is 35.4 Å². The first-order valence-corrected chi connectivity index (χ1v) is 12.5. The van der Waals surface area contributed by atoms with Gasteiger partial charge in [-0.2, -0.15) is 22.6 Å². The van der Waals surface area contributed by atoms with Gasteiger partial charge in [0, 0.05) is 37.9 Å². The number of nitrogens with one attached hydrogen (secondary N) is 2. The van der Waals surface area contributed by atoms with Crippen molar-refractivity contribution >= 4 is 27.7 Å². The summed E-state index contributed by atoms with van der Waals surface area (Å²) in [5, 5.41) is 8.48. The fourth-order valence-electron chi connectivity index (χ4n) is 3.59. The average molecular weight is 532 g/mol. The van der Waals surface area contributed by atoms with Gasteiger partial charge in [-0.15, -0.1) is 0 Å². The molecule has 1 aromatic heterocycles. The highest BCUT2D eigenvalue weighted by atomic mass is 32.2. The van der Waals surface area contributed by atoms with Gasteiger partial charge in [0.1, 0.15) is 11.3 Å². The van der Waals surface area contributed by atoms with Crippen molar-refractivity contribution in [2.75, 3.05) is 18.4 Å². The first-order valence-electron chi connectivity index (χ1n) is 11.1. The van der Waals surface area contributed by atoms with E-state index in [1.165, 1.54) is 35.6 Å². The van der Waals surface area contributed by atoms with Crippen LogP contribution in [0.25, 0.3) is 0 Å². The third-order valence-corrected chi connectivity index (χ3v) is 7.24. The van der Waals surface area contributed by atoms with E-state index in [9.17, 15) is 31.2 Å². The maximum atomic E-state index is 13.0. The number of rotatable bonds is 5. The number of alkyl carbamates (subject to hydrolysis) is 1. The molecule has 3 rings (SSSR count). The maximum absolute atomic E-state index is 13.0. The Morgan fingerprint density at radius 1 is 1.08 bits per heavy atom. The number of sulfonamides is 1. The standard InChI is InChI=1S/C22H28F3N5O5S/c1-21(2,3)35-20(32)27-15-9-11-30(12-10-15)36(33,34)16-7-5-14(6-8-16)26-19(31)17-13-18(22(23,24)25)28-29(17)4/h5-8,13,15H,9-12H2,1-4H3,(H,26,31)(H,27,32). The number of hydrogen-bond acceptors (Lipinski definition) is 6. The second-order valence-electron chi connectivity index (χ2n) is 9.34. The number of benzene rings is 1. The summed E-state index contributed by atoms with van der Waals surface area (Å²) in [7, 11) is -2.61. The second kappa shape index (κ2) is 10.1. The molecule has 0 atom stereocenters. The van der Waals surface area contributed by atoms with Gasteiger partial charge in [-0.3, -0.25) is 9.48 Å². The Morgan fingerprint density at radius 3 is 2.17 bits per heavy atom. The Hall–Kier alpha value is -3.13. The number of alkyl halides is 3. The minimum absolute atomic E-state index is 0.000980. The molecule has 1 aliphatic rings. The molecule has 0 unspecified atom stereocenters. The van der Waals surface area contributed by atoms with Gasteiger partial charge in [0.25, 0.3) is 5.91 Å². The van der Waals surface area contributed by atoms with Crippen molar-refractivity contribution in [2.45, 2.75) is 56.3 Å². The number of piperidine rings is 1. The number of aryl methyl sites for hydroxylation is 1. The normalized spacial score (nSPS) is 16.0. The van der Waals surface area contributed by atoms with Gasteiger partial charge < -0.3 is 15.4 Å². The van der Waals surface area contributed by atoms with Crippen molar-refractivity contribution in [3.8, 4) is 0 Å². The fourth-order valence-corrected chi connectivity index (χ4v) is 5.06. The monoisotopic (exact) mass is 531 g/mol. The van der Waals surface area contributed by atoms with Gasteiger partial charge in [0.15, 0.2) is 5.69 Å². The van der Waals surface area contributed by atoms with Crippen LogP contribution in [0.5, 0.6) is 0 Å². The van der Waals surface area contributed by atoms with Crippen LogP contribution in [0.15, 0.2) is 35.2 Å². The molecule has 14 heteroatoms.